The van der Waals surface area contributed by atoms with E-state index in [1.807, 2.05) is 6.92 Å². The first-order chi connectivity index (χ1) is 11.8. The lowest BCUT2D eigenvalue weighted by molar-refractivity contribution is -0.0723. The summed E-state index contributed by atoms with van der Waals surface area (Å²) in [6.45, 7) is 7.80. The minimum atomic E-state index is -0.833. The van der Waals surface area contributed by atoms with E-state index in [0.29, 0.717) is 38.5 Å². The molecule has 5 nitrogen and oxygen atoms in total. The van der Waals surface area contributed by atoms with Gasteiger partial charge >= 0.3 is 6.03 Å². The van der Waals surface area contributed by atoms with Crippen molar-refractivity contribution in [2.45, 2.75) is 57.6 Å². The van der Waals surface area contributed by atoms with Crippen molar-refractivity contribution in [3.8, 4) is 0 Å². The van der Waals surface area contributed by atoms with E-state index in [1.54, 1.807) is 11.9 Å². The Labute approximate surface area is 151 Å². The summed E-state index contributed by atoms with van der Waals surface area (Å²) in [5, 5.41) is 13.5. The van der Waals surface area contributed by atoms with Crippen LogP contribution in [0.2, 0.25) is 0 Å². The van der Waals surface area contributed by atoms with Crippen molar-refractivity contribution in [1.29, 1.82) is 0 Å². The Bertz CT molecular complexity index is 551. The molecule has 2 amide bonds. The van der Waals surface area contributed by atoms with Crippen LogP contribution in [-0.4, -0.2) is 54.5 Å². The standard InChI is InChI=1S/C20H32N2O3/c1-15(2)18-7-5-17(6-8-18)13-16(3)21-19(23)22(4)14-20(24)9-11-25-12-10-20/h5-8,15-16,24H,9-14H2,1-4H3,(H,21,23)/t16-/m0/s1. The van der Waals surface area contributed by atoms with E-state index in [0.717, 1.165) is 6.42 Å². The molecular weight excluding hydrogens is 316 g/mol. The van der Waals surface area contributed by atoms with Gasteiger partial charge in [-0.2, -0.15) is 0 Å². The molecule has 2 rings (SSSR count). The third-order valence-electron chi connectivity index (χ3n) is 4.86. The number of nitrogens with one attached hydrogen (secondary N) is 1. The second-order valence-electron chi connectivity index (χ2n) is 7.64. The number of amides is 2. The molecule has 1 aliphatic heterocycles. The summed E-state index contributed by atoms with van der Waals surface area (Å²) in [4.78, 5) is 13.9. The summed E-state index contributed by atoms with van der Waals surface area (Å²) < 4.78 is 5.28. The number of carbonyl (C=O) groups excluding carboxylic acids is 1. The molecule has 1 aromatic rings. The van der Waals surface area contributed by atoms with Crippen LogP contribution >= 0.6 is 0 Å². The van der Waals surface area contributed by atoms with Gasteiger partial charge in [0.2, 0.25) is 0 Å². The first kappa shape index (κ1) is 19.7. The van der Waals surface area contributed by atoms with Crippen molar-refractivity contribution in [3.63, 3.8) is 0 Å². The third-order valence-corrected chi connectivity index (χ3v) is 4.86. The van der Waals surface area contributed by atoms with Crippen molar-refractivity contribution in [2.24, 2.45) is 0 Å². The highest BCUT2D eigenvalue weighted by molar-refractivity contribution is 5.74. The summed E-state index contributed by atoms with van der Waals surface area (Å²) in [5.41, 5.74) is 1.70. The number of rotatable bonds is 6. The SMILES string of the molecule is CC(C)c1ccc(C[C@H](C)NC(=O)N(C)CC2(O)CCOCC2)cc1. The molecule has 0 saturated carbocycles. The predicted octanol–water partition coefficient (Wildman–Crippen LogP) is 2.92. The zero-order valence-electron chi connectivity index (χ0n) is 15.9. The molecule has 25 heavy (non-hydrogen) atoms. The molecule has 0 unspecified atom stereocenters. The lowest BCUT2D eigenvalue weighted by Crippen LogP contribution is -2.51. The highest BCUT2D eigenvalue weighted by Gasteiger charge is 2.32. The average molecular weight is 348 g/mol. The molecule has 2 N–H and O–H groups in total. The van der Waals surface area contributed by atoms with Crippen molar-refractivity contribution in [2.75, 3.05) is 26.8 Å². The first-order valence-electron chi connectivity index (χ1n) is 9.20. The second kappa shape index (κ2) is 8.68. The van der Waals surface area contributed by atoms with Crippen LogP contribution < -0.4 is 5.32 Å². The van der Waals surface area contributed by atoms with Gasteiger partial charge in [-0.3, -0.25) is 0 Å². The summed E-state index contributed by atoms with van der Waals surface area (Å²) in [6, 6.07) is 8.46. The van der Waals surface area contributed by atoms with Gasteiger partial charge in [0.05, 0.1) is 12.1 Å². The van der Waals surface area contributed by atoms with Crippen molar-refractivity contribution in [1.82, 2.24) is 10.2 Å². The van der Waals surface area contributed by atoms with Crippen LogP contribution in [0.1, 0.15) is 50.7 Å². The molecule has 0 aromatic heterocycles. The number of aliphatic hydroxyl groups is 1. The van der Waals surface area contributed by atoms with E-state index in [1.165, 1.54) is 11.1 Å². The van der Waals surface area contributed by atoms with Crippen LogP contribution in [-0.2, 0) is 11.2 Å². The number of nitrogens with zero attached hydrogens (tertiary/aromatic N) is 1. The van der Waals surface area contributed by atoms with Gasteiger partial charge in [-0.05, 0) is 30.4 Å². The van der Waals surface area contributed by atoms with E-state index >= 15 is 0 Å². The van der Waals surface area contributed by atoms with Gasteiger partial charge in [0.25, 0.3) is 0 Å². The lowest BCUT2D eigenvalue weighted by atomic mass is 9.94. The van der Waals surface area contributed by atoms with Gasteiger partial charge in [0.15, 0.2) is 0 Å². The Morgan fingerprint density at radius 1 is 1.24 bits per heavy atom. The Balaban J connectivity index is 1.82. The summed E-state index contributed by atoms with van der Waals surface area (Å²) >= 11 is 0. The maximum absolute atomic E-state index is 12.4. The van der Waals surface area contributed by atoms with Crippen LogP contribution in [0.3, 0.4) is 0 Å². The van der Waals surface area contributed by atoms with E-state index < -0.39 is 5.60 Å². The van der Waals surface area contributed by atoms with Crippen molar-refractivity contribution >= 4 is 6.03 Å². The molecule has 0 spiro atoms. The number of hydrogen-bond acceptors (Lipinski definition) is 3. The average Bonchev–Trinajstić information content (AvgIpc) is 2.55. The summed E-state index contributed by atoms with van der Waals surface area (Å²) in [6.07, 6.45) is 1.93. The molecule has 0 bridgehead atoms. The van der Waals surface area contributed by atoms with Crippen LogP contribution in [0, 0.1) is 0 Å². The van der Waals surface area contributed by atoms with Gasteiger partial charge in [-0.1, -0.05) is 38.1 Å². The van der Waals surface area contributed by atoms with E-state index in [-0.39, 0.29) is 12.1 Å². The van der Waals surface area contributed by atoms with Crippen molar-refractivity contribution < 1.29 is 14.6 Å². The van der Waals surface area contributed by atoms with Crippen LogP contribution in [0.15, 0.2) is 24.3 Å². The van der Waals surface area contributed by atoms with Gasteiger partial charge in [0, 0.05) is 39.1 Å². The van der Waals surface area contributed by atoms with Gasteiger partial charge in [-0.25, -0.2) is 4.79 Å². The van der Waals surface area contributed by atoms with Gasteiger partial charge in [0.1, 0.15) is 0 Å². The molecule has 1 aromatic carbocycles. The minimum Gasteiger partial charge on any atom is -0.388 e. The zero-order valence-corrected chi connectivity index (χ0v) is 15.9. The molecule has 140 valence electrons. The molecular formula is C20H32N2O3. The molecule has 0 radical (unpaired) electrons. The van der Waals surface area contributed by atoms with E-state index in [2.05, 4.69) is 43.4 Å². The summed E-state index contributed by atoms with van der Waals surface area (Å²) in [7, 11) is 1.73. The molecule has 5 heteroatoms. The van der Waals surface area contributed by atoms with Crippen LogP contribution in [0.4, 0.5) is 4.79 Å². The fourth-order valence-corrected chi connectivity index (χ4v) is 3.19. The molecule has 1 atom stereocenters. The first-order valence-corrected chi connectivity index (χ1v) is 9.20. The highest BCUT2D eigenvalue weighted by Crippen LogP contribution is 2.21. The normalized spacial score (nSPS) is 18.0. The second-order valence-corrected chi connectivity index (χ2v) is 7.64. The fourth-order valence-electron chi connectivity index (χ4n) is 3.19. The summed E-state index contributed by atoms with van der Waals surface area (Å²) in [5.74, 6) is 0.524. The number of carbonyl (C=O) groups is 1. The maximum atomic E-state index is 12.4. The quantitative estimate of drug-likeness (QED) is 0.831. The Morgan fingerprint density at radius 2 is 1.84 bits per heavy atom. The molecule has 1 fully saturated rings. The number of hydrogen-bond donors (Lipinski definition) is 2. The Morgan fingerprint density at radius 3 is 2.40 bits per heavy atom. The molecule has 1 heterocycles. The number of likely N-dealkylation sites (N-methyl/N-ethyl adjacent to an activating group) is 1. The Hall–Kier alpha value is -1.59. The minimum absolute atomic E-state index is 0.0317. The predicted molar refractivity (Wildman–Crippen MR) is 99.9 cm³/mol. The van der Waals surface area contributed by atoms with Gasteiger partial charge < -0.3 is 20.1 Å². The Kier molecular flexibility index (Phi) is 6.85. The monoisotopic (exact) mass is 348 g/mol. The highest BCUT2D eigenvalue weighted by atomic mass is 16.5. The molecule has 1 aliphatic rings. The fraction of sp³-hybridized carbons (Fsp3) is 0.650. The van der Waals surface area contributed by atoms with Crippen molar-refractivity contribution in [3.05, 3.63) is 35.4 Å². The van der Waals surface area contributed by atoms with E-state index in [9.17, 15) is 9.90 Å². The topological polar surface area (TPSA) is 61.8 Å². The molecule has 0 aliphatic carbocycles. The van der Waals surface area contributed by atoms with Gasteiger partial charge in [-0.15, -0.1) is 0 Å². The van der Waals surface area contributed by atoms with Crippen LogP contribution in [0.25, 0.3) is 0 Å². The number of ether oxygens (including phenoxy) is 1. The smallest absolute Gasteiger partial charge is 0.317 e. The number of urea groups is 1. The maximum Gasteiger partial charge on any atom is 0.317 e. The number of benzene rings is 1. The zero-order chi connectivity index (χ0) is 18.4. The van der Waals surface area contributed by atoms with E-state index in [4.69, 9.17) is 4.74 Å². The molecule has 1 saturated heterocycles. The van der Waals surface area contributed by atoms with Crippen LogP contribution in [0.5, 0.6) is 0 Å². The largest absolute Gasteiger partial charge is 0.388 e. The third kappa shape index (κ3) is 6.01. The lowest BCUT2D eigenvalue weighted by Gasteiger charge is -2.35.